The molecule has 0 saturated heterocycles. The predicted octanol–water partition coefficient (Wildman–Crippen LogP) is 3.49. The van der Waals surface area contributed by atoms with Crippen molar-refractivity contribution in [1.82, 2.24) is 34.6 Å². The van der Waals surface area contributed by atoms with E-state index in [1.54, 1.807) is 30.5 Å². The van der Waals surface area contributed by atoms with Gasteiger partial charge in [0.25, 0.3) is 11.8 Å². The molecule has 2 N–H and O–H groups in total. The molecule has 3 heterocycles. The van der Waals surface area contributed by atoms with Crippen LogP contribution in [0.1, 0.15) is 61.6 Å². The highest BCUT2D eigenvalue weighted by Gasteiger charge is 2.28. The van der Waals surface area contributed by atoms with E-state index in [-0.39, 0.29) is 29.0 Å². The van der Waals surface area contributed by atoms with Crippen molar-refractivity contribution in [3.8, 4) is 5.88 Å². The molecule has 35 heavy (non-hydrogen) atoms. The van der Waals surface area contributed by atoms with Crippen LogP contribution in [-0.2, 0) is 7.05 Å². The van der Waals surface area contributed by atoms with Crippen molar-refractivity contribution in [1.29, 1.82) is 0 Å². The maximum absolute atomic E-state index is 13.2. The zero-order valence-corrected chi connectivity index (χ0v) is 20.1. The topological polar surface area (TPSA) is 140 Å². The molecule has 1 aliphatic rings. The minimum absolute atomic E-state index is 0.0195. The molecule has 0 unspecified atom stereocenters. The molecular formula is C23H29N9O3. The van der Waals surface area contributed by atoms with Crippen LogP contribution in [0.5, 0.6) is 5.88 Å². The minimum atomic E-state index is -0.806. The van der Waals surface area contributed by atoms with Gasteiger partial charge in [0.2, 0.25) is 0 Å². The lowest BCUT2D eigenvalue weighted by molar-refractivity contribution is 0.0745. The van der Waals surface area contributed by atoms with Gasteiger partial charge < -0.3 is 15.0 Å². The van der Waals surface area contributed by atoms with Crippen molar-refractivity contribution in [2.75, 3.05) is 23.7 Å². The fraction of sp³-hybridized carbons (Fsp3) is 0.435. The van der Waals surface area contributed by atoms with Crippen molar-refractivity contribution in [2.24, 2.45) is 7.05 Å². The van der Waals surface area contributed by atoms with Crippen LogP contribution in [0.15, 0.2) is 31.1 Å². The van der Waals surface area contributed by atoms with Crippen molar-refractivity contribution in [3.05, 3.63) is 42.5 Å². The fourth-order valence-electron chi connectivity index (χ4n) is 3.63. The summed E-state index contributed by atoms with van der Waals surface area (Å²) in [6.45, 7) is 5.26. The van der Waals surface area contributed by atoms with Crippen molar-refractivity contribution in [2.45, 2.75) is 45.4 Å². The van der Waals surface area contributed by atoms with E-state index < -0.39 is 6.09 Å². The van der Waals surface area contributed by atoms with E-state index >= 15 is 0 Å². The highest BCUT2D eigenvalue weighted by Crippen LogP contribution is 2.40. The van der Waals surface area contributed by atoms with E-state index in [1.807, 2.05) is 13.8 Å². The number of rotatable bonds is 10. The summed E-state index contributed by atoms with van der Waals surface area (Å²) >= 11 is 0. The third kappa shape index (κ3) is 5.89. The van der Waals surface area contributed by atoms with E-state index in [2.05, 4.69) is 35.7 Å². The molecule has 1 fully saturated rings. The molecule has 0 aliphatic heterocycles. The Bertz CT molecular complexity index is 1170. The second-order valence-electron chi connectivity index (χ2n) is 8.31. The quantitative estimate of drug-likeness (QED) is 0.447. The van der Waals surface area contributed by atoms with Gasteiger partial charge in [0.1, 0.15) is 12.0 Å². The van der Waals surface area contributed by atoms with Crippen LogP contribution >= 0.6 is 0 Å². The van der Waals surface area contributed by atoms with Crippen molar-refractivity contribution in [3.63, 3.8) is 0 Å². The summed E-state index contributed by atoms with van der Waals surface area (Å²) in [4.78, 5) is 44.6. The Kier molecular flexibility index (Phi) is 7.48. The van der Waals surface area contributed by atoms with Gasteiger partial charge in [-0.1, -0.05) is 13.8 Å². The maximum atomic E-state index is 13.2. The molecule has 0 aromatic carbocycles. The first-order valence-electron chi connectivity index (χ1n) is 11.7. The highest BCUT2D eigenvalue weighted by molar-refractivity contribution is 6.01. The summed E-state index contributed by atoms with van der Waals surface area (Å²) in [7, 11) is 1.66. The monoisotopic (exact) mass is 479 g/mol. The van der Waals surface area contributed by atoms with Crippen LogP contribution in [0.25, 0.3) is 0 Å². The van der Waals surface area contributed by atoms with Gasteiger partial charge in [0, 0.05) is 26.1 Å². The lowest BCUT2D eigenvalue weighted by Gasteiger charge is -2.22. The van der Waals surface area contributed by atoms with E-state index in [0.29, 0.717) is 24.7 Å². The number of carbonyl (C=O) groups is 2. The van der Waals surface area contributed by atoms with Gasteiger partial charge in [0.15, 0.2) is 5.82 Å². The minimum Gasteiger partial charge on any atom is -0.387 e. The van der Waals surface area contributed by atoms with Crippen LogP contribution in [0, 0.1) is 0 Å². The molecule has 0 radical (unpaired) electrons. The summed E-state index contributed by atoms with van der Waals surface area (Å²) in [6.07, 6.45) is 10.5. The number of amides is 2. The number of anilines is 3. The summed E-state index contributed by atoms with van der Waals surface area (Å²) in [5.41, 5.74) is 1.87. The molecule has 3 aromatic rings. The van der Waals surface area contributed by atoms with Gasteiger partial charge >= 0.3 is 6.09 Å². The van der Waals surface area contributed by atoms with E-state index in [1.165, 1.54) is 17.2 Å². The van der Waals surface area contributed by atoms with Gasteiger partial charge in [-0.25, -0.2) is 24.7 Å². The Balaban J connectivity index is 1.54. The second-order valence-corrected chi connectivity index (χ2v) is 8.31. The Morgan fingerprint density at radius 3 is 2.49 bits per heavy atom. The molecule has 1 aliphatic carbocycles. The van der Waals surface area contributed by atoms with E-state index in [4.69, 9.17) is 4.74 Å². The van der Waals surface area contributed by atoms with Gasteiger partial charge in [-0.3, -0.25) is 14.8 Å². The summed E-state index contributed by atoms with van der Waals surface area (Å²) in [6, 6.07) is 0. The Morgan fingerprint density at radius 1 is 1.11 bits per heavy atom. The van der Waals surface area contributed by atoms with Crippen molar-refractivity contribution >= 4 is 29.2 Å². The lowest BCUT2D eigenvalue weighted by atomic mass is 10.2. The Labute approximate surface area is 203 Å². The lowest BCUT2D eigenvalue weighted by Crippen LogP contribution is -2.34. The molecule has 4 rings (SSSR count). The number of ether oxygens (including phenoxy) is 1. The van der Waals surface area contributed by atoms with Gasteiger partial charge in [-0.15, -0.1) is 0 Å². The van der Waals surface area contributed by atoms with E-state index in [9.17, 15) is 9.59 Å². The zero-order valence-electron chi connectivity index (χ0n) is 20.1. The number of hydrogen-bond acceptors (Lipinski definition) is 9. The number of aryl methyl sites for hydroxylation is 1. The van der Waals surface area contributed by atoms with E-state index in [0.717, 1.165) is 31.4 Å². The molecule has 3 aromatic heterocycles. The van der Waals surface area contributed by atoms with Crippen LogP contribution in [-0.4, -0.2) is 59.7 Å². The number of nitrogens with zero attached hydrogens (tertiary/aromatic N) is 7. The first-order chi connectivity index (χ1) is 17.0. The molecule has 12 heteroatoms. The number of nitrogens with one attached hydrogen (secondary N) is 2. The molecular weight excluding hydrogens is 450 g/mol. The van der Waals surface area contributed by atoms with Gasteiger partial charge in [-0.05, 0) is 25.7 Å². The third-order valence-electron chi connectivity index (χ3n) is 5.42. The van der Waals surface area contributed by atoms with Crippen molar-refractivity contribution < 1.29 is 14.3 Å². The molecule has 12 nitrogen and oxygen atoms in total. The Hall–Kier alpha value is -4.09. The molecule has 184 valence electrons. The second kappa shape index (κ2) is 10.9. The molecule has 0 spiro atoms. The average molecular weight is 480 g/mol. The number of aromatic nitrogens is 6. The number of carbonyl (C=O) groups excluding carboxylic acids is 2. The van der Waals surface area contributed by atoms with Crippen LogP contribution in [0.3, 0.4) is 0 Å². The molecule has 1 saturated carbocycles. The summed E-state index contributed by atoms with van der Waals surface area (Å²) < 4.78 is 7.00. The smallest absolute Gasteiger partial charge is 0.387 e. The maximum Gasteiger partial charge on any atom is 0.418 e. The predicted molar refractivity (Wildman–Crippen MR) is 129 cm³/mol. The molecule has 2 amide bonds. The third-order valence-corrected chi connectivity index (χ3v) is 5.42. The van der Waals surface area contributed by atoms with Crippen LogP contribution in [0.4, 0.5) is 22.0 Å². The zero-order chi connectivity index (χ0) is 24.8. The largest absolute Gasteiger partial charge is 0.418 e. The summed E-state index contributed by atoms with van der Waals surface area (Å²) in [5, 5.41) is 9.83. The SMILES string of the molecule is CCCN(CCC)C(=O)c1c(NC(=O)Oc2nc(C3CC3)cnc2Nc2cncnc2)cnn1C. The fourth-order valence-corrected chi connectivity index (χ4v) is 3.63. The number of hydrogen-bond donors (Lipinski definition) is 2. The first-order valence-corrected chi connectivity index (χ1v) is 11.7. The highest BCUT2D eigenvalue weighted by atomic mass is 16.6. The normalized spacial score (nSPS) is 12.8. The average Bonchev–Trinajstić information content (AvgIpc) is 3.64. The summed E-state index contributed by atoms with van der Waals surface area (Å²) in [5.74, 6) is 0.378. The standard InChI is InChI=1S/C23H29N9O3/c1-4-8-32(9-5-2)22(33)19-18(13-27-31(19)3)30-23(34)35-21-20(28-16-10-24-14-25-11-16)26-12-17(29-21)15-6-7-15/h10-15H,4-9H2,1-3H3,(H,26,28)(H,30,34). The first kappa shape index (κ1) is 24.0. The Morgan fingerprint density at radius 2 is 1.83 bits per heavy atom. The van der Waals surface area contributed by atoms with Gasteiger partial charge in [-0.2, -0.15) is 5.10 Å². The molecule has 0 bridgehead atoms. The van der Waals surface area contributed by atoms with Crippen LogP contribution in [0.2, 0.25) is 0 Å². The van der Waals surface area contributed by atoms with Crippen LogP contribution < -0.4 is 15.4 Å². The molecule has 0 atom stereocenters. The van der Waals surface area contributed by atoms with Gasteiger partial charge in [0.05, 0.1) is 41.9 Å².